The van der Waals surface area contributed by atoms with E-state index in [2.05, 4.69) is 5.32 Å². The smallest absolute Gasteiger partial charge is 0.236 e. The molecule has 0 spiro atoms. The Balaban J connectivity index is 1.81. The van der Waals surface area contributed by atoms with Crippen LogP contribution in [0.1, 0.15) is 52.0 Å². The molecular formula is C21H34N2O3S. The topological polar surface area (TPSA) is 66.5 Å². The average Bonchev–Trinajstić information content (AvgIpc) is 2.59. The zero-order valence-electron chi connectivity index (χ0n) is 17.3. The van der Waals surface area contributed by atoms with E-state index in [0.717, 1.165) is 31.2 Å². The van der Waals surface area contributed by atoms with Gasteiger partial charge in [-0.2, -0.15) is 0 Å². The first-order valence-corrected chi connectivity index (χ1v) is 11.4. The summed E-state index contributed by atoms with van der Waals surface area (Å²) in [6, 6.07) is 7.44. The van der Waals surface area contributed by atoms with Gasteiger partial charge in [-0.3, -0.25) is 4.79 Å². The van der Waals surface area contributed by atoms with Crippen LogP contribution in [0.25, 0.3) is 0 Å². The zero-order valence-corrected chi connectivity index (χ0v) is 18.1. The summed E-state index contributed by atoms with van der Waals surface area (Å²) < 4.78 is 25.3. The lowest BCUT2D eigenvalue weighted by Gasteiger charge is -2.33. The van der Waals surface area contributed by atoms with Crippen LogP contribution in [-0.4, -0.2) is 50.2 Å². The second-order valence-corrected chi connectivity index (χ2v) is 10.9. The number of benzene rings is 1. The van der Waals surface area contributed by atoms with Gasteiger partial charge in [0, 0.05) is 18.6 Å². The molecule has 1 saturated carbocycles. The molecule has 152 valence electrons. The molecule has 6 heteroatoms. The van der Waals surface area contributed by atoms with Crippen molar-refractivity contribution >= 4 is 15.7 Å². The molecule has 1 aliphatic carbocycles. The van der Waals surface area contributed by atoms with E-state index in [1.165, 1.54) is 0 Å². The van der Waals surface area contributed by atoms with E-state index < -0.39 is 9.84 Å². The minimum absolute atomic E-state index is 0.0895. The highest BCUT2D eigenvalue weighted by Crippen LogP contribution is 2.27. The van der Waals surface area contributed by atoms with E-state index in [1.807, 2.05) is 40.8 Å². The van der Waals surface area contributed by atoms with Gasteiger partial charge in [-0.15, -0.1) is 0 Å². The number of nitrogens with one attached hydrogen (secondary N) is 1. The maximum absolute atomic E-state index is 12.7. The van der Waals surface area contributed by atoms with Crippen LogP contribution in [-0.2, 0) is 14.6 Å². The molecule has 1 amide bonds. The molecule has 1 aromatic rings. The SMILES string of the molecule is Cc1cccc(S(=O)(=O)C[C@H]2CC[C@@H](NCC(=O)N(C)C(C)(C)C)CC2)c1. The average molecular weight is 395 g/mol. The molecule has 0 heterocycles. The fourth-order valence-electron chi connectivity index (χ4n) is 3.47. The van der Waals surface area contributed by atoms with Gasteiger partial charge in [-0.25, -0.2) is 8.42 Å². The normalized spacial score (nSPS) is 21.1. The number of hydrogen-bond acceptors (Lipinski definition) is 4. The third-order valence-corrected chi connectivity index (χ3v) is 7.46. The molecule has 2 rings (SSSR count). The number of hydrogen-bond donors (Lipinski definition) is 1. The molecule has 0 aromatic heterocycles. The fraction of sp³-hybridized carbons (Fsp3) is 0.667. The summed E-state index contributed by atoms with van der Waals surface area (Å²) >= 11 is 0. The number of likely N-dealkylation sites (N-methyl/N-ethyl adjacent to an activating group) is 1. The van der Waals surface area contributed by atoms with Gasteiger partial charge in [0.2, 0.25) is 5.91 Å². The lowest BCUT2D eigenvalue weighted by Crippen LogP contribution is -2.48. The lowest BCUT2D eigenvalue weighted by molar-refractivity contribution is -0.133. The van der Waals surface area contributed by atoms with E-state index in [0.29, 0.717) is 17.5 Å². The van der Waals surface area contributed by atoms with Gasteiger partial charge in [0.1, 0.15) is 0 Å². The Morgan fingerprint density at radius 1 is 1.19 bits per heavy atom. The Labute approximate surface area is 164 Å². The van der Waals surface area contributed by atoms with Gasteiger partial charge in [0.25, 0.3) is 0 Å². The summed E-state index contributed by atoms with van der Waals surface area (Å²) in [7, 11) is -1.40. The van der Waals surface area contributed by atoms with Crippen LogP contribution in [0.5, 0.6) is 0 Å². The largest absolute Gasteiger partial charge is 0.340 e. The molecule has 0 atom stereocenters. The van der Waals surface area contributed by atoms with Crippen LogP contribution < -0.4 is 5.32 Å². The summed E-state index contributed by atoms with van der Waals surface area (Å²) in [4.78, 5) is 14.4. The van der Waals surface area contributed by atoms with Crippen molar-refractivity contribution in [2.75, 3.05) is 19.3 Å². The maximum Gasteiger partial charge on any atom is 0.236 e. The Bertz CT molecular complexity index is 745. The number of aryl methyl sites for hydroxylation is 1. The van der Waals surface area contributed by atoms with Gasteiger partial charge >= 0.3 is 0 Å². The van der Waals surface area contributed by atoms with Crippen molar-refractivity contribution in [3.8, 4) is 0 Å². The molecule has 0 saturated heterocycles. The molecule has 1 fully saturated rings. The third-order valence-electron chi connectivity index (χ3n) is 5.57. The van der Waals surface area contributed by atoms with Crippen molar-refractivity contribution in [2.24, 2.45) is 5.92 Å². The van der Waals surface area contributed by atoms with E-state index in [9.17, 15) is 13.2 Å². The van der Waals surface area contributed by atoms with Crippen molar-refractivity contribution in [2.45, 2.75) is 69.9 Å². The van der Waals surface area contributed by atoms with Crippen molar-refractivity contribution < 1.29 is 13.2 Å². The standard InChI is InChI=1S/C21H34N2O3S/c1-16-7-6-8-19(13-16)27(25,26)15-17-9-11-18(12-10-17)22-14-20(24)23(5)21(2,3)4/h6-8,13,17-18,22H,9-12,14-15H2,1-5H3/t17-,18+. The second kappa shape index (κ2) is 8.74. The first-order chi connectivity index (χ1) is 12.5. The van der Waals surface area contributed by atoms with Crippen LogP contribution in [0.15, 0.2) is 29.2 Å². The Hall–Kier alpha value is -1.40. The van der Waals surface area contributed by atoms with Gasteiger partial charge < -0.3 is 10.2 Å². The first-order valence-electron chi connectivity index (χ1n) is 9.78. The third kappa shape index (κ3) is 6.32. The van der Waals surface area contributed by atoms with Crippen molar-refractivity contribution in [1.82, 2.24) is 10.2 Å². The number of rotatable bonds is 6. The number of sulfone groups is 1. The number of amides is 1. The number of carbonyl (C=O) groups is 1. The molecular weight excluding hydrogens is 360 g/mol. The number of carbonyl (C=O) groups excluding carboxylic acids is 1. The van der Waals surface area contributed by atoms with Crippen LogP contribution in [0.3, 0.4) is 0 Å². The van der Waals surface area contributed by atoms with Gasteiger partial charge in [-0.1, -0.05) is 12.1 Å². The molecule has 0 aliphatic heterocycles. The summed E-state index contributed by atoms with van der Waals surface area (Å²) in [5, 5.41) is 3.36. The molecule has 0 bridgehead atoms. The van der Waals surface area contributed by atoms with E-state index in [1.54, 1.807) is 23.1 Å². The molecule has 0 unspecified atom stereocenters. The minimum atomic E-state index is -3.23. The Morgan fingerprint density at radius 2 is 1.81 bits per heavy atom. The molecule has 27 heavy (non-hydrogen) atoms. The maximum atomic E-state index is 12.7. The highest BCUT2D eigenvalue weighted by molar-refractivity contribution is 7.91. The van der Waals surface area contributed by atoms with Crippen molar-refractivity contribution in [3.63, 3.8) is 0 Å². The van der Waals surface area contributed by atoms with E-state index >= 15 is 0 Å². The zero-order chi connectivity index (χ0) is 20.2. The van der Waals surface area contributed by atoms with Crippen LogP contribution >= 0.6 is 0 Å². The predicted octanol–water partition coefficient (Wildman–Crippen LogP) is 3.17. The highest BCUT2D eigenvalue weighted by Gasteiger charge is 2.28. The van der Waals surface area contributed by atoms with Gasteiger partial charge in [0.05, 0.1) is 17.2 Å². The van der Waals surface area contributed by atoms with E-state index in [-0.39, 0.29) is 23.1 Å². The summed E-state index contributed by atoms with van der Waals surface area (Å²) in [5.41, 5.74) is 0.787. The molecule has 0 radical (unpaired) electrons. The molecule has 1 aliphatic rings. The molecule has 1 N–H and O–H groups in total. The lowest BCUT2D eigenvalue weighted by atomic mass is 9.87. The second-order valence-electron chi connectivity index (χ2n) is 8.82. The van der Waals surface area contributed by atoms with Crippen LogP contribution in [0.2, 0.25) is 0 Å². The Kier molecular flexibility index (Phi) is 7.09. The van der Waals surface area contributed by atoms with Gasteiger partial charge in [0.15, 0.2) is 9.84 Å². The van der Waals surface area contributed by atoms with Crippen LogP contribution in [0, 0.1) is 12.8 Å². The monoisotopic (exact) mass is 394 g/mol. The Morgan fingerprint density at radius 3 is 2.37 bits per heavy atom. The number of nitrogens with zero attached hydrogens (tertiary/aromatic N) is 1. The highest BCUT2D eigenvalue weighted by atomic mass is 32.2. The summed E-state index contributed by atoms with van der Waals surface area (Å²) in [5.74, 6) is 0.502. The predicted molar refractivity (Wildman–Crippen MR) is 110 cm³/mol. The van der Waals surface area contributed by atoms with Gasteiger partial charge in [-0.05, 0) is 77.0 Å². The van der Waals surface area contributed by atoms with Crippen molar-refractivity contribution in [3.05, 3.63) is 29.8 Å². The molecule has 1 aromatic carbocycles. The quantitative estimate of drug-likeness (QED) is 0.805. The minimum Gasteiger partial charge on any atom is -0.340 e. The molecule has 5 nitrogen and oxygen atoms in total. The fourth-order valence-corrected chi connectivity index (χ4v) is 5.27. The first kappa shape index (κ1) is 21.9. The van der Waals surface area contributed by atoms with Crippen LogP contribution in [0.4, 0.5) is 0 Å². The summed E-state index contributed by atoms with van der Waals surface area (Å²) in [6.07, 6.45) is 3.60. The summed E-state index contributed by atoms with van der Waals surface area (Å²) in [6.45, 7) is 8.30. The van der Waals surface area contributed by atoms with Crippen molar-refractivity contribution in [1.29, 1.82) is 0 Å². The van der Waals surface area contributed by atoms with E-state index in [4.69, 9.17) is 0 Å².